The fourth-order valence-electron chi connectivity index (χ4n) is 1.21. The van der Waals surface area contributed by atoms with Gasteiger partial charge in [0.1, 0.15) is 0 Å². The van der Waals surface area contributed by atoms with E-state index < -0.39 is 11.9 Å². The number of rotatable bonds is 4. The van der Waals surface area contributed by atoms with Gasteiger partial charge in [-0.25, -0.2) is 0 Å². The van der Waals surface area contributed by atoms with E-state index >= 15 is 0 Å². The topological polar surface area (TPSA) is 93.2 Å². The van der Waals surface area contributed by atoms with Crippen LogP contribution in [-0.2, 0) is 9.59 Å². The number of hydrogen-bond donors (Lipinski definition) is 0. The molecule has 1 rings (SSSR count). The molecule has 88 valence electrons. The van der Waals surface area contributed by atoms with E-state index in [0.717, 1.165) is 0 Å². The molecule has 0 atom stereocenters. The minimum Gasteiger partial charge on any atom is -0.545 e. The van der Waals surface area contributed by atoms with Crippen molar-refractivity contribution < 1.29 is 78.9 Å². The predicted molar refractivity (Wildman–Crippen MR) is 56.0 cm³/mol. The smallest absolute Gasteiger partial charge is 0.545 e. The second kappa shape index (κ2) is 10.4. The first-order valence-corrected chi connectivity index (χ1v) is 4.73. The average Bonchev–Trinajstić information content (AvgIpc) is 2.25. The summed E-state index contributed by atoms with van der Waals surface area (Å²) in [4.78, 5) is 25.0. The van der Waals surface area contributed by atoms with Gasteiger partial charge in [0.2, 0.25) is 0 Å². The van der Waals surface area contributed by atoms with Crippen LogP contribution in [-0.4, -0.2) is 16.9 Å². The van der Waals surface area contributed by atoms with Crippen LogP contribution in [0.3, 0.4) is 0 Å². The van der Waals surface area contributed by atoms with E-state index in [4.69, 9.17) is 0 Å². The summed E-state index contributed by atoms with van der Waals surface area (Å²) in [6, 6.07) is 3.18. The van der Waals surface area contributed by atoms with E-state index in [0.29, 0.717) is 11.6 Å². The monoisotopic (exact) mass is 277 g/mol. The van der Waals surface area contributed by atoms with E-state index in [9.17, 15) is 19.8 Å². The van der Waals surface area contributed by atoms with Crippen LogP contribution in [0.5, 0.6) is 0 Å². The van der Waals surface area contributed by atoms with Gasteiger partial charge in [-0.2, -0.15) is 0 Å². The first-order valence-electron chi connectivity index (χ1n) is 4.73. The van der Waals surface area contributed by atoms with Crippen LogP contribution in [0.4, 0.5) is 0 Å². The summed E-state index contributed by atoms with van der Waals surface area (Å²) in [7, 11) is 0. The molecule has 0 aliphatic heterocycles. The number of hydrogen-bond acceptors (Lipinski definition) is 5. The number of pyridine rings is 1. The predicted octanol–water partition coefficient (Wildman–Crippen LogP) is -7.08. The van der Waals surface area contributed by atoms with Gasteiger partial charge in [0.25, 0.3) is 0 Å². The van der Waals surface area contributed by atoms with Crippen LogP contribution in [0.2, 0.25) is 0 Å². The number of carbonyl (C=O) groups excluding carboxylic acids is 2. The van der Waals surface area contributed by atoms with Gasteiger partial charge >= 0.3 is 59.1 Å². The van der Waals surface area contributed by atoms with Crippen LogP contribution in [0.1, 0.15) is 12.5 Å². The fourth-order valence-corrected chi connectivity index (χ4v) is 1.21. The molecule has 1 aromatic heterocycles. The van der Waals surface area contributed by atoms with Crippen molar-refractivity contribution in [1.82, 2.24) is 4.98 Å². The van der Waals surface area contributed by atoms with E-state index in [2.05, 4.69) is 4.98 Å². The Bertz CT molecular complexity index is 498. The molecule has 1 heterocycles. The minimum atomic E-state index is -1.45. The Morgan fingerprint density at radius 1 is 1.16 bits per heavy atom. The number of carboxylic acid groups (broad SMARTS) is 2. The van der Waals surface area contributed by atoms with Gasteiger partial charge in [-0.05, 0) is 42.3 Å². The van der Waals surface area contributed by atoms with Gasteiger partial charge in [0.05, 0.1) is 11.9 Å². The third kappa shape index (κ3) is 7.67. The van der Waals surface area contributed by atoms with Crippen molar-refractivity contribution in [2.75, 3.05) is 0 Å². The first-order chi connectivity index (χ1) is 8.00. The van der Waals surface area contributed by atoms with E-state index in [-0.39, 0.29) is 70.3 Å². The zero-order valence-corrected chi connectivity index (χ0v) is 15.0. The van der Waals surface area contributed by atoms with Crippen molar-refractivity contribution in [2.45, 2.75) is 6.92 Å². The largest absolute Gasteiger partial charge is 1.00 e. The van der Waals surface area contributed by atoms with Crippen molar-refractivity contribution in [3.8, 4) is 0 Å². The maximum atomic E-state index is 10.9. The zero-order chi connectivity index (χ0) is 12.8. The van der Waals surface area contributed by atoms with Crippen molar-refractivity contribution in [2.24, 2.45) is 0 Å². The molecule has 19 heavy (non-hydrogen) atoms. The molecule has 0 N–H and O–H groups in total. The van der Waals surface area contributed by atoms with Crippen LogP contribution >= 0.6 is 0 Å². The Morgan fingerprint density at radius 2 is 1.68 bits per heavy atom. The summed E-state index contributed by atoms with van der Waals surface area (Å²) in [5, 5.41) is 21.2. The molecule has 0 fully saturated rings. The number of nitrogens with zero attached hydrogens (tertiary/aromatic N) is 1. The molecular weight excluding hydrogens is 268 g/mol. The van der Waals surface area contributed by atoms with Crippen molar-refractivity contribution >= 4 is 18.0 Å². The van der Waals surface area contributed by atoms with Crippen molar-refractivity contribution in [1.29, 1.82) is 0 Å². The molecule has 0 amide bonds. The first kappa shape index (κ1) is 20.9. The summed E-state index contributed by atoms with van der Waals surface area (Å²) >= 11 is 0. The zero-order valence-electron chi connectivity index (χ0n) is 11.0. The maximum absolute atomic E-state index is 10.9. The van der Waals surface area contributed by atoms with E-state index in [1.807, 2.05) is 0 Å². The molecule has 0 unspecified atom stereocenters. The normalized spacial score (nSPS) is 11.0. The fraction of sp³-hybridized carbons (Fsp3) is 0.0833. The molecule has 0 saturated carbocycles. The van der Waals surface area contributed by atoms with Crippen LogP contribution in [0, 0.1) is 0 Å². The summed E-state index contributed by atoms with van der Waals surface area (Å²) < 4.78 is 0. The molecule has 0 radical (unpaired) electrons. The molecule has 7 heteroatoms. The minimum absolute atomic E-state index is 0. The molecular formula is C12H9NNa2O4. The van der Waals surface area contributed by atoms with E-state index in [1.54, 1.807) is 12.1 Å². The number of aromatic nitrogens is 1. The summed E-state index contributed by atoms with van der Waals surface area (Å²) in [6.45, 7) is 1.36. The molecule has 0 saturated heterocycles. The van der Waals surface area contributed by atoms with E-state index in [1.165, 1.54) is 25.4 Å². The van der Waals surface area contributed by atoms with Crippen LogP contribution in [0.25, 0.3) is 6.08 Å². The third-order valence-electron chi connectivity index (χ3n) is 2.00. The molecule has 0 aromatic carbocycles. The maximum Gasteiger partial charge on any atom is 1.00 e. The molecule has 5 nitrogen and oxygen atoms in total. The Labute approximate surface area is 155 Å². The van der Waals surface area contributed by atoms with Crippen LogP contribution in [0.15, 0.2) is 41.7 Å². The molecule has 0 spiro atoms. The number of carboxylic acids is 2. The Morgan fingerprint density at radius 3 is 2.11 bits per heavy atom. The van der Waals surface area contributed by atoms with Crippen LogP contribution < -0.4 is 69.3 Å². The quantitative estimate of drug-likeness (QED) is 0.310. The Balaban J connectivity index is 0. The van der Waals surface area contributed by atoms with Crippen molar-refractivity contribution in [3.63, 3.8) is 0 Å². The standard InChI is InChI=1S/C12H11NO4.2Na/c1-8(6-11(14)15)10(12(16)17)7-9-2-4-13-5-3-9;;/h2-7H,1H3,(H,14,15)(H,16,17);;/q;2*+1/p-2. The second-order valence-electron chi connectivity index (χ2n) is 3.27. The van der Waals surface area contributed by atoms with Gasteiger partial charge in [-0.15, -0.1) is 0 Å². The number of aliphatic carboxylic acids is 2. The summed E-state index contributed by atoms with van der Waals surface area (Å²) in [5.41, 5.74) is 0.438. The van der Waals surface area contributed by atoms with Gasteiger partial charge in [-0.1, -0.05) is 0 Å². The van der Waals surface area contributed by atoms with Crippen molar-refractivity contribution in [3.05, 3.63) is 47.3 Å². The Hall–Kier alpha value is -0.430. The summed E-state index contributed by atoms with van der Waals surface area (Å²) in [6.07, 6.45) is 5.02. The number of carbonyl (C=O) groups is 2. The van der Waals surface area contributed by atoms with Gasteiger partial charge in [0, 0.05) is 18.0 Å². The SMILES string of the molecule is CC(=CC(=O)[O-])C(=Cc1ccncc1)C(=O)[O-].[Na+].[Na+]. The molecule has 1 aromatic rings. The van der Waals surface area contributed by atoms with Gasteiger partial charge < -0.3 is 19.8 Å². The average molecular weight is 277 g/mol. The molecule has 0 aliphatic rings. The molecule has 0 bridgehead atoms. The second-order valence-corrected chi connectivity index (χ2v) is 3.27. The van der Waals surface area contributed by atoms with Gasteiger partial charge in [0.15, 0.2) is 0 Å². The molecule has 0 aliphatic carbocycles. The Kier molecular flexibility index (Phi) is 11.4. The third-order valence-corrected chi connectivity index (χ3v) is 2.00. The van der Waals surface area contributed by atoms with Gasteiger partial charge in [-0.3, -0.25) is 4.98 Å². The summed E-state index contributed by atoms with van der Waals surface area (Å²) in [5.74, 6) is -2.90.